The lowest BCUT2D eigenvalue weighted by Crippen LogP contribution is -2.48. The number of nitrogens with zero attached hydrogens (tertiary/aromatic N) is 6. The van der Waals surface area contributed by atoms with Gasteiger partial charge in [0, 0.05) is 72.8 Å². The molecule has 15 nitrogen and oxygen atoms in total. The minimum atomic E-state index is -0.507. The van der Waals surface area contributed by atoms with Gasteiger partial charge >= 0.3 is 12.2 Å². The molecule has 6 rings (SSSR count). The van der Waals surface area contributed by atoms with Gasteiger partial charge in [-0.1, -0.05) is 12.2 Å². The van der Waals surface area contributed by atoms with Gasteiger partial charge in [0.1, 0.15) is 30.1 Å². The number of aldehydes is 1. The highest BCUT2D eigenvalue weighted by Crippen LogP contribution is 2.30. The smallest absolute Gasteiger partial charge is 0.414 e. The molecule has 0 radical (unpaired) electrons. The van der Waals surface area contributed by atoms with Gasteiger partial charge in [-0.2, -0.15) is 0 Å². The molecule has 4 saturated heterocycles. The maximum atomic E-state index is 14.7. The summed E-state index contributed by atoms with van der Waals surface area (Å²) in [5.74, 6) is -0.723. The normalized spacial score (nSPS) is 19.6. The van der Waals surface area contributed by atoms with Crippen LogP contribution in [0.1, 0.15) is 27.7 Å². The summed E-state index contributed by atoms with van der Waals surface area (Å²) in [6, 6.07) is 9.46. The van der Waals surface area contributed by atoms with Crippen LogP contribution in [0.4, 0.5) is 41.1 Å². The summed E-state index contributed by atoms with van der Waals surface area (Å²) < 4.78 is 39.6. The quantitative estimate of drug-likeness (QED) is 0.313. The zero-order valence-electron chi connectivity index (χ0n) is 31.0. The monoisotopic (exact) mass is 774 g/mol. The number of carbonyl (C=O) groups is 5. The number of thiocarbonyl (C=S) groups is 1. The number of nitrogens with one attached hydrogen (secondary N) is 1. The summed E-state index contributed by atoms with van der Waals surface area (Å²) in [6.07, 6.45) is -0.948. The lowest BCUT2D eigenvalue weighted by atomic mass is 10.2. The van der Waals surface area contributed by atoms with E-state index in [1.165, 1.54) is 42.7 Å². The molecular formula is C36H48F2N8O7S. The molecule has 294 valence electrons. The number of rotatable bonds is 7. The van der Waals surface area contributed by atoms with Crippen LogP contribution in [0.15, 0.2) is 36.4 Å². The van der Waals surface area contributed by atoms with E-state index in [1.54, 1.807) is 41.0 Å². The molecule has 0 bridgehead atoms. The first-order valence-electron chi connectivity index (χ1n) is 17.7. The van der Waals surface area contributed by atoms with E-state index in [9.17, 15) is 28.0 Å². The topological polar surface area (TPSA) is 161 Å². The number of nitrogens with two attached hydrogens (primary N) is 1. The van der Waals surface area contributed by atoms with Crippen LogP contribution in [-0.4, -0.2) is 136 Å². The third kappa shape index (κ3) is 10.7. The zero-order chi connectivity index (χ0) is 39.5. The Morgan fingerprint density at radius 3 is 1.50 bits per heavy atom. The average molecular weight is 775 g/mol. The van der Waals surface area contributed by atoms with Crippen LogP contribution in [0, 0.1) is 11.6 Å². The Labute approximate surface area is 318 Å². The van der Waals surface area contributed by atoms with Crippen molar-refractivity contribution >= 4 is 70.2 Å². The average Bonchev–Trinajstić information content (AvgIpc) is 3.72. The predicted octanol–water partition coefficient (Wildman–Crippen LogP) is 2.74. The molecule has 2 aromatic rings. The molecule has 2 atom stereocenters. The van der Waals surface area contributed by atoms with E-state index in [0.717, 1.165) is 6.29 Å². The SMILES string of the molecule is CC(=O)N1CCN(c2ccc(N3C[C@H](CN)OC3=O)cc2F)CC1.CC(=O)N1CCN(c2ccc(N3C[C@H](CNC(C)=S)OC3=O)cc2F)CC1.CC=O. The van der Waals surface area contributed by atoms with Crippen molar-refractivity contribution in [2.45, 2.75) is 39.9 Å². The van der Waals surface area contributed by atoms with Crippen LogP contribution >= 0.6 is 12.2 Å². The van der Waals surface area contributed by atoms with Gasteiger partial charge in [0.2, 0.25) is 11.8 Å². The Morgan fingerprint density at radius 2 is 1.17 bits per heavy atom. The molecule has 0 unspecified atom stereocenters. The number of anilines is 4. The van der Waals surface area contributed by atoms with Gasteiger partial charge in [0.15, 0.2) is 0 Å². The third-order valence-corrected chi connectivity index (χ3v) is 9.35. The summed E-state index contributed by atoms with van der Waals surface area (Å²) in [4.78, 5) is 66.3. The van der Waals surface area contributed by atoms with Gasteiger partial charge in [-0.25, -0.2) is 18.4 Å². The van der Waals surface area contributed by atoms with Crippen LogP contribution in [0.3, 0.4) is 0 Å². The molecule has 0 spiro atoms. The van der Waals surface area contributed by atoms with Crippen molar-refractivity contribution in [3.63, 3.8) is 0 Å². The van der Waals surface area contributed by atoms with Crippen LogP contribution in [-0.2, 0) is 23.9 Å². The van der Waals surface area contributed by atoms with Gasteiger partial charge in [-0.05, 0) is 50.2 Å². The Balaban J connectivity index is 0.000000226. The zero-order valence-corrected chi connectivity index (χ0v) is 31.8. The summed E-state index contributed by atoms with van der Waals surface area (Å²) in [7, 11) is 0. The number of carbonyl (C=O) groups excluding carboxylic acids is 5. The summed E-state index contributed by atoms with van der Waals surface area (Å²) in [5.41, 5.74) is 7.38. The largest absolute Gasteiger partial charge is 0.443 e. The van der Waals surface area contributed by atoms with Crippen molar-refractivity contribution in [1.29, 1.82) is 0 Å². The van der Waals surface area contributed by atoms with Gasteiger partial charge in [-0.15, -0.1) is 0 Å². The second kappa shape index (κ2) is 19.3. The van der Waals surface area contributed by atoms with Gasteiger partial charge < -0.3 is 44.9 Å². The summed E-state index contributed by atoms with van der Waals surface area (Å²) in [6.45, 7) is 12.2. The Kier molecular flexibility index (Phi) is 14.9. The molecule has 4 aliphatic heterocycles. The number of benzene rings is 2. The maximum absolute atomic E-state index is 14.7. The van der Waals surface area contributed by atoms with E-state index in [4.69, 9.17) is 32.2 Å². The van der Waals surface area contributed by atoms with Gasteiger partial charge in [0.25, 0.3) is 0 Å². The second-order valence-corrected chi connectivity index (χ2v) is 13.5. The van der Waals surface area contributed by atoms with Crippen molar-refractivity contribution in [3.8, 4) is 0 Å². The maximum Gasteiger partial charge on any atom is 0.414 e. The predicted molar refractivity (Wildman–Crippen MR) is 204 cm³/mol. The highest BCUT2D eigenvalue weighted by molar-refractivity contribution is 7.80. The van der Waals surface area contributed by atoms with Crippen LogP contribution in [0.25, 0.3) is 0 Å². The van der Waals surface area contributed by atoms with Crippen molar-refractivity contribution in [2.24, 2.45) is 5.73 Å². The van der Waals surface area contributed by atoms with E-state index >= 15 is 0 Å². The Hall–Kier alpha value is -5.10. The van der Waals surface area contributed by atoms with Crippen molar-refractivity contribution in [2.75, 3.05) is 98.1 Å². The number of cyclic esters (lactones) is 2. The lowest BCUT2D eigenvalue weighted by molar-refractivity contribution is -0.129. The van der Waals surface area contributed by atoms with Crippen molar-refractivity contribution in [1.82, 2.24) is 15.1 Å². The highest BCUT2D eigenvalue weighted by atomic mass is 32.1. The number of hydrogen-bond acceptors (Lipinski definition) is 11. The van der Waals surface area contributed by atoms with E-state index in [2.05, 4.69) is 5.32 Å². The second-order valence-electron chi connectivity index (χ2n) is 12.9. The Morgan fingerprint density at radius 1 is 0.778 bits per heavy atom. The van der Waals surface area contributed by atoms with E-state index in [-0.39, 0.29) is 30.6 Å². The fourth-order valence-electron chi connectivity index (χ4n) is 6.32. The highest BCUT2D eigenvalue weighted by Gasteiger charge is 2.34. The molecule has 3 N–H and O–H groups in total. The summed E-state index contributed by atoms with van der Waals surface area (Å²) in [5, 5.41) is 2.97. The number of piperazine rings is 2. The lowest BCUT2D eigenvalue weighted by Gasteiger charge is -2.35. The van der Waals surface area contributed by atoms with E-state index < -0.39 is 23.8 Å². The molecule has 4 fully saturated rings. The minimum absolute atomic E-state index is 0.0332. The molecule has 0 aromatic heterocycles. The van der Waals surface area contributed by atoms with Crippen LogP contribution in [0.5, 0.6) is 0 Å². The van der Waals surface area contributed by atoms with Crippen molar-refractivity contribution < 1.29 is 42.2 Å². The number of hydrogen-bond donors (Lipinski definition) is 2. The van der Waals surface area contributed by atoms with Gasteiger partial charge in [-0.3, -0.25) is 19.4 Å². The first-order valence-corrected chi connectivity index (χ1v) is 18.1. The molecule has 2 aromatic carbocycles. The standard InChI is InChI=1S/C18H23FN4O3S.C16H21FN4O3.C2H4O/c1-12(27)20-10-15-11-23(18(25)26-15)14-3-4-17(16(19)9-14)22-7-5-21(6-8-22)13(2)24;1-11(22)19-4-6-20(7-5-19)15-3-2-12(8-14(15)17)21-10-13(9-18)24-16(21)23;1-2-3/h3-4,9,15H,5-8,10-11H2,1-2H3,(H,20,27);2-3,8,13H,4-7,9-10,18H2,1H3;2H,1H3/t15-;13-;/m00./s1. The number of ether oxygens (including phenoxy) is 2. The van der Waals surface area contributed by atoms with Crippen LogP contribution < -0.4 is 30.7 Å². The molecular weight excluding hydrogens is 727 g/mol. The fraction of sp³-hybridized carbons (Fsp3) is 0.500. The van der Waals surface area contributed by atoms with Crippen molar-refractivity contribution in [3.05, 3.63) is 48.0 Å². The number of amides is 4. The first-order chi connectivity index (χ1) is 25.8. The summed E-state index contributed by atoms with van der Waals surface area (Å²) >= 11 is 4.96. The minimum Gasteiger partial charge on any atom is -0.443 e. The molecule has 4 aliphatic rings. The Bertz CT molecular complexity index is 1690. The first kappa shape index (κ1) is 41.7. The molecule has 18 heteroatoms. The number of halogens is 2. The van der Waals surface area contributed by atoms with Crippen LogP contribution in [0.2, 0.25) is 0 Å². The van der Waals surface area contributed by atoms with E-state index in [1.807, 2.05) is 9.80 Å². The van der Waals surface area contributed by atoms with E-state index in [0.29, 0.717) is 99.7 Å². The molecule has 4 heterocycles. The molecule has 54 heavy (non-hydrogen) atoms. The molecule has 0 saturated carbocycles. The fourth-order valence-corrected chi connectivity index (χ4v) is 6.40. The molecule has 0 aliphatic carbocycles. The van der Waals surface area contributed by atoms with Gasteiger partial charge in [0.05, 0.1) is 47.4 Å². The third-order valence-electron chi connectivity index (χ3n) is 9.21. The molecule has 4 amide bonds.